The van der Waals surface area contributed by atoms with E-state index in [1.165, 1.54) is 11.1 Å². The molecule has 0 radical (unpaired) electrons. The van der Waals surface area contributed by atoms with Gasteiger partial charge in [-0.2, -0.15) is 0 Å². The molecule has 1 aliphatic rings. The topological polar surface area (TPSA) is 58.1 Å². The van der Waals surface area contributed by atoms with Gasteiger partial charge in [0.1, 0.15) is 0 Å². The molecule has 0 spiro atoms. The van der Waals surface area contributed by atoms with Crippen LogP contribution in [0, 0.1) is 19.8 Å². The van der Waals surface area contributed by atoms with E-state index in [0.29, 0.717) is 13.1 Å². The van der Waals surface area contributed by atoms with Crippen LogP contribution in [-0.2, 0) is 11.3 Å². The summed E-state index contributed by atoms with van der Waals surface area (Å²) in [6, 6.07) is 20.5. The van der Waals surface area contributed by atoms with Crippen LogP contribution in [0.1, 0.15) is 29.5 Å². The summed E-state index contributed by atoms with van der Waals surface area (Å²) >= 11 is 0. The Balaban J connectivity index is 1.38. The minimum atomic E-state index is -0.0268. The van der Waals surface area contributed by atoms with Crippen LogP contribution in [0.25, 0.3) is 11.3 Å². The fraction of sp³-hybridized carbons (Fsp3) is 0.320. The van der Waals surface area contributed by atoms with Crippen LogP contribution in [0.2, 0.25) is 0 Å². The predicted octanol–water partition coefficient (Wildman–Crippen LogP) is 4.29. The molecule has 1 atom stereocenters. The van der Waals surface area contributed by atoms with Crippen molar-refractivity contribution in [1.29, 1.82) is 0 Å². The fourth-order valence-electron chi connectivity index (χ4n) is 3.99. The number of nitrogens with one attached hydrogen (secondary N) is 1. The third-order valence-corrected chi connectivity index (χ3v) is 5.79. The summed E-state index contributed by atoms with van der Waals surface area (Å²) in [5, 5.41) is 12.0. The van der Waals surface area contributed by atoms with Gasteiger partial charge in [-0.15, -0.1) is 10.2 Å². The summed E-state index contributed by atoms with van der Waals surface area (Å²) in [6.45, 7) is 6.30. The van der Waals surface area contributed by atoms with E-state index < -0.39 is 0 Å². The van der Waals surface area contributed by atoms with E-state index in [4.69, 9.17) is 0 Å². The van der Waals surface area contributed by atoms with Crippen LogP contribution in [-0.4, -0.2) is 29.2 Å². The van der Waals surface area contributed by atoms with Gasteiger partial charge in [0.15, 0.2) is 5.82 Å². The van der Waals surface area contributed by atoms with Gasteiger partial charge in [-0.3, -0.25) is 4.79 Å². The lowest BCUT2D eigenvalue weighted by Crippen LogP contribution is -2.43. The van der Waals surface area contributed by atoms with Crippen molar-refractivity contribution in [3.63, 3.8) is 0 Å². The minimum absolute atomic E-state index is 0.0268. The molecule has 5 heteroatoms. The summed E-state index contributed by atoms with van der Waals surface area (Å²) in [7, 11) is 0. The number of anilines is 1. The van der Waals surface area contributed by atoms with Crippen LogP contribution >= 0.6 is 0 Å². The maximum Gasteiger partial charge on any atom is 0.225 e. The van der Waals surface area contributed by atoms with Crippen molar-refractivity contribution in [3.05, 3.63) is 77.4 Å². The number of aromatic nitrogens is 2. The lowest BCUT2D eigenvalue weighted by molar-refractivity contribution is -0.125. The highest BCUT2D eigenvalue weighted by Gasteiger charge is 2.26. The van der Waals surface area contributed by atoms with Crippen molar-refractivity contribution in [2.75, 3.05) is 18.0 Å². The molecular weight excluding hydrogens is 372 g/mol. The fourth-order valence-corrected chi connectivity index (χ4v) is 3.99. The Bertz CT molecular complexity index is 1020. The van der Waals surface area contributed by atoms with Crippen LogP contribution in [0.3, 0.4) is 0 Å². The maximum absolute atomic E-state index is 12.8. The standard InChI is InChI=1S/C25H28N4O/c1-18-7-5-10-20(15-18)23-12-13-24(28-27-23)29-14-6-11-22(17-29)25(30)26-16-21-9-4-3-8-19(21)2/h3-5,7-10,12-13,15,22H,6,11,14,16-17H2,1-2H3,(H,26,30)/t22-/m1/s1. The molecule has 30 heavy (non-hydrogen) atoms. The summed E-state index contributed by atoms with van der Waals surface area (Å²) in [5.74, 6) is 0.927. The molecule has 0 saturated carbocycles. The number of hydrogen-bond donors (Lipinski definition) is 1. The molecule has 1 saturated heterocycles. The Kier molecular flexibility index (Phi) is 6.07. The molecule has 1 N–H and O–H groups in total. The molecule has 1 aromatic heterocycles. The van der Waals surface area contributed by atoms with E-state index in [1.54, 1.807) is 0 Å². The van der Waals surface area contributed by atoms with Crippen molar-refractivity contribution in [1.82, 2.24) is 15.5 Å². The van der Waals surface area contributed by atoms with E-state index >= 15 is 0 Å². The summed E-state index contributed by atoms with van der Waals surface area (Å²) in [4.78, 5) is 14.9. The monoisotopic (exact) mass is 400 g/mol. The third-order valence-electron chi connectivity index (χ3n) is 5.79. The van der Waals surface area contributed by atoms with Crippen LogP contribution in [0.5, 0.6) is 0 Å². The number of rotatable bonds is 5. The number of amides is 1. The normalized spacial score (nSPS) is 16.3. The highest BCUT2D eigenvalue weighted by atomic mass is 16.1. The van der Waals surface area contributed by atoms with E-state index in [9.17, 15) is 4.79 Å². The maximum atomic E-state index is 12.8. The minimum Gasteiger partial charge on any atom is -0.354 e. The largest absolute Gasteiger partial charge is 0.354 e. The van der Waals surface area contributed by atoms with E-state index in [1.807, 2.05) is 36.4 Å². The third kappa shape index (κ3) is 4.67. The zero-order valence-electron chi connectivity index (χ0n) is 17.6. The number of carbonyl (C=O) groups is 1. The lowest BCUT2D eigenvalue weighted by Gasteiger charge is -2.32. The smallest absolute Gasteiger partial charge is 0.225 e. The van der Waals surface area contributed by atoms with Crippen molar-refractivity contribution >= 4 is 11.7 Å². The van der Waals surface area contributed by atoms with E-state index in [2.05, 4.69) is 58.5 Å². The first kappa shape index (κ1) is 20.1. The van der Waals surface area contributed by atoms with Crippen LogP contribution in [0.4, 0.5) is 5.82 Å². The second kappa shape index (κ2) is 9.08. The van der Waals surface area contributed by atoms with Crippen molar-refractivity contribution in [2.45, 2.75) is 33.2 Å². The highest BCUT2D eigenvalue weighted by molar-refractivity contribution is 5.79. The van der Waals surface area contributed by atoms with Crippen LogP contribution in [0.15, 0.2) is 60.7 Å². The molecule has 2 heterocycles. The Hall–Kier alpha value is -3.21. The molecule has 1 aliphatic heterocycles. The molecule has 5 nitrogen and oxygen atoms in total. The second-order valence-electron chi connectivity index (χ2n) is 8.08. The Morgan fingerprint density at radius 3 is 2.70 bits per heavy atom. The van der Waals surface area contributed by atoms with Gasteiger partial charge in [0, 0.05) is 25.2 Å². The number of nitrogens with zero attached hydrogens (tertiary/aromatic N) is 3. The first-order valence-electron chi connectivity index (χ1n) is 10.6. The molecule has 2 aromatic carbocycles. The first-order chi connectivity index (χ1) is 14.6. The number of aryl methyl sites for hydroxylation is 2. The van der Waals surface area contributed by atoms with Gasteiger partial charge >= 0.3 is 0 Å². The quantitative estimate of drug-likeness (QED) is 0.694. The van der Waals surface area contributed by atoms with Gasteiger partial charge in [0.25, 0.3) is 0 Å². The average molecular weight is 401 g/mol. The summed E-state index contributed by atoms with van der Waals surface area (Å²) < 4.78 is 0. The molecule has 0 unspecified atom stereocenters. The lowest BCUT2D eigenvalue weighted by atomic mass is 9.97. The zero-order valence-corrected chi connectivity index (χ0v) is 17.6. The van der Waals surface area contributed by atoms with Crippen LogP contribution < -0.4 is 10.2 Å². The molecule has 1 amide bonds. The average Bonchev–Trinajstić information content (AvgIpc) is 2.78. The second-order valence-corrected chi connectivity index (χ2v) is 8.08. The molecule has 0 bridgehead atoms. The zero-order chi connectivity index (χ0) is 20.9. The Labute approximate surface area is 178 Å². The molecule has 154 valence electrons. The van der Waals surface area contributed by atoms with E-state index in [0.717, 1.165) is 42.0 Å². The molecule has 4 rings (SSSR count). The molecule has 3 aromatic rings. The summed E-state index contributed by atoms with van der Waals surface area (Å²) in [5.41, 5.74) is 5.50. The first-order valence-corrected chi connectivity index (χ1v) is 10.6. The van der Waals surface area contributed by atoms with Gasteiger partial charge in [-0.25, -0.2) is 0 Å². The van der Waals surface area contributed by atoms with E-state index in [-0.39, 0.29) is 11.8 Å². The van der Waals surface area contributed by atoms with Gasteiger partial charge in [-0.1, -0.05) is 48.0 Å². The molecular formula is C25H28N4O. The molecule has 0 aliphatic carbocycles. The SMILES string of the molecule is Cc1cccc(-c2ccc(N3CCC[C@@H](C(=O)NCc4ccccc4C)C3)nn2)c1. The number of carbonyl (C=O) groups excluding carboxylic acids is 1. The predicted molar refractivity (Wildman–Crippen MR) is 120 cm³/mol. The van der Waals surface area contributed by atoms with Crippen molar-refractivity contribution in [3.8, 4) is 11.3 Å². The van der Waals surface area contributed by atoms with Crippen molar-refractivity contribution in [2.24, 2.45) is 5.92 Å². The van der Waals surface area contributed by atoms with Gasteiger partial charge in [0.2, 0.25) is 5.91 Å². The molecule has 1 fully saturated rings. The van der Waals surface area contributed by atoms with Gasteiger partial charge in [0.05, 0.1) is 11.6 Å². The number of piperidine rings is 1. The van der Waals surface area contributed by atoms with Crippen molar-refractivity contribution < 1.29 is 4.79 Å². The van der Waals surface area contributed by atoms with Gasteiger partial charge in [-0.05, 0) is 56.0 Å². The Morgan fingerprint density at radius 1 is 1.07 bits per heavy atom. The summed E-state index contributed by atoms with van der Waals surface area (Å²) in [6.07, 6.45) is 1.88. The van der Waals surface area contributed by atoms with Gasteiger partial charge < -0.3 is 10.2 Å². The highest BCUT2D eigenvalue weighted by Crippen LogP contribution is 2.24. The Morgan fingerprint density at radius 2 is 1.93 bits per heavy atom. The number of benzene rings is 2. The number of hydrogen-bond acceptors (Lipinski definition) is 4.